The minimum absolute atomic E-state index is 0.0706. The van der Waals surface area contributed by atoms with Crippen LogP contribution in [0.5, 0.6) is 0 Å². The lowest BCUT2D eigenvalue weighted by Gasteiger charge is -2.18. The molecular weight excluding hydrogens is 913 g/mol. The van der Waals surface area contributed by atoms with Crippen LogP contribution in [-0.2, 0) is 28.6 Å². The Hall–Kier alpha value is -2.37. The molecule has 0 N–H and O–H groups in total. The lowest BCUT2D eigenvalue weighted by atomic mass is 10.0. The van der Waals surface area contributed by atoms with Crippen molar-refractivity contribution in [1.82, 2.24) is 0 Å². The molecule has 0 saturated carbocycles. The Morgan fingerprint density at radius 2 is 0.486 bits per heavy atom. The molecule has 1 unspecified atom stereocenters. The highest BCUT2D eigenvalue weighted by molar-refractivity contribution is 5.71. The Kier molecular flexibility index (Phi) is 61.1. The van der Waals surface area contributed by atoms with Crippen LogP contribution in [0.3, 0.4) is 0 Å². The first-order chi connectivity index (χ1) is 36.5. The lowest BCUT2D eigenvalue weighted by Crippen LogP contribution is -2.30. The summed E-state index contributed by atoms with van der Waals surface area (Å²) >= 11 is 0. The zero-order valence-corrected chi connectivity index (χ0v) is 49.9. The summed E-state index contributed by atoms with van der Waals surface area (Å²) in [6.45, 7) is 6.60. The molecule has 0 aromatic carbocycles. The number of esters is 3. The fourth-order valence-corrected chi connectivity index (χ4v) is 9.88. The van der Waals surface area contributed by atoms with E-state index in [0.29, 0.717) is 19.3 Å². The predicted octanol–water partition coefficient (Wildman–Crippen LogP) is 22.4. The molecule has 74 heavy (non-hydrogen) atoms. The molecule has 0 aromatic heterocycles. The molecule has 0 bridgehead atoms. The highest BCUT2D eigenvalue weighted by Crippen LogP contribution is 2.18. The summed E-state index contributed by atoms with van der Waals surface area (Å²) in [6.07, 6.45) is 77.9. The third-order valence-electron chi connectivity index (χ3n) is 14.9. The smallest absolute Gasteiger partial charge is 0.306 e. The van der Waals surface area contributed by atoms with Crippen molar-refractivity contribution in [1.29, 1.82) is 0 Å². The molecular formula is C68H126O6. The molecule has 6 nitrogen and oxygen atoms in total. The second-order valence-corrected chi connectivity index (χ2v) is 22.4. The molecule has 434 valence electrons. The van der Waals surface area contributed by atoms with Crippen LogP contribution in [0.2, 0.25) is 0 Å². The van der Waals surface area contributed by atoms with Gasteiger partial charge in [0.15, 0.2) is 6.10 Å². The summed E-state index contributed by atoms with van der Waals surface area (Å²) in [5.41, 5.74) is 0. The van der Waals surface area contributed by atoms with Crippen molar-refractivity contribution in [2.75, 3.05) is 13.2 Å². The molecule has 6 heteroatoms. The summed E-state index contributed by atoms with van der Waals surface area (Å²) in [5.74, 6) is -0.870. The van der Waals surface area contributed by atoms with Gasteiger partial charge in [0.25, 0.3) is 0 Å². The van der Waals surface area contributed by atoms with Crippen molar-refractivity contribution in [3.63, 3.8) is 0 Å². The van der Waals surface area contributed by atoms with Crippen molar-refractivity contribution in [3.8, 4) is 0 Å². The van der Waals surface area contributed by atoms with Gasteiger partial charge in [-0.2, -0.15) is 0 Å². The van der Waals surface area contributed by atoms with Crippen LogP contribution in [0.25, 0.3) is 0 Å². The van der Waals surface area contributed by atoms with Crippen LogP contribution >= 0.6 is 0 Å². The van der Waals surface area contributed by atoms with Crippen molar-refractivity contribution in [3.05, 3.63) is 36.5 Å². The number of rotatable bonds is 61. The third-order valence-corrected chi connectivity index (χ3v) is 14.9. The van der Waals surface area contributed by atoms with Crippen LogP contribution in [0, 0.1) is 0 Å². The number of hydrogen-bond acceptors (Lipinski definition) is 6. The van der Waals surface area contributed by atoms with E-state index in [9.17, 15) is 14.4 Å². The molecule has 0 rings (SSSR count). The van der Waals surface area contributed by atoms with Gasteiger partial charge in [0.1, 0.15) is 13.2 Å². The molecule has 1 atom stereocenters. The Labute approximate surface area is 461 Å². The van der Waals surface area contributed by atoms with Gasteiger partial charge in [-0.25, -0.2) is 0 Å². The topological polar surface area (TPSA) is 78.9 Å². The fourth-order valence-electron chi connectivity index (χ4n) is 9.88. The van der Waals surface area contributed by atoms with Gasteiger partial charge >= 0.3 is 17.9 Å². The molecule has 0 fully saturated rings. The molecule has 0 aliphatic heterocycles. The largest absolute Gasteiger partial charge is 0.462 e. The van der Waals surface area contributed by atoms with E-state index in [1.54, 1.807) is 0 Å². The molecule has 0 amide bonds. The molecule has 0 spiro atoms. The average molecular weight is 1040 g/mol. The first-order valence-electron chi connectivity index (χ1n) is 33.0. The molecule has 0 saturated heterocycles. The Bertz CT molecular complexity index is 1240. The zero-order chi connectivity index (χ0) is 53.6. The maximum atomic E-state index is 12.8. The van der Waals surface area contributed by atoms with E-state index in [0.717, 1.165) is 70.6 Å². The van der Waals surface area contributed by atoms with E-state index in [2.05, 4.69) is 57.2 Å². The number of unbranched alkanes of at least 4 members (excludes halogenated alkanes) is 44. The number of hydrogen-bond donors (Lipinski definition) is 0. The minimum atomic E-state index is -0.770. The van der Waals surface area contributed by atoms with Crippen LogP contribution in [0.15, 0.2) is 36.5 Å². The predicted molar refractivity (Wildman–Crippen MR) is 321 cm³/mol. The normalized spacial score (nSPS) is 12.2. The first-order valence-corrected chi connectivity index (χ1v) is 33.0. The molecule has 0 aliphatic rings. The van der Waals surface area contributed by atoms with Crippen LogP contribution in [0.4, 0.5) is 0 Å². The first kappa shape index (κ1) is 71.6. The average Bonchev–Trinajstić information content (AvgIpc) is 3.40. The summed E-state index contributed by atoms with van der Waals surface area (Å²) < 4.78 is 16.8. The van der Waals surface area contributed by atoms with Gasteiger partial charge in [-0.1, -0.05) is 301 Å². The Morgan fingerprint density at radius 1 is 0.270 bits per heavy atom. The summed E-state index contributed by atoms with van der Waals surface area (Å²) in [7, 11) is 0. The van der Waals surface area contributed by atoms with E-state index in [-0.39, 0.29) is 31.1 Å². The molecule has 0 radical (unpaired) electrons. The summed E-state index contributed by atoms with van der Waals surface area (Å²) in [4.78, 5) is 37.9. The van der Waals surface area contributed by atoms with Gasteiger partial charge in [0.05, 0.1) is 0 Å². The molecule has 0 aromatic rings. The van der Waals surface area contributed by atoms with Crippen molar-refractivity contribution in [2.24, 2.45) is 0 Å². The van der Waals surface area contributed by atoms with E-state index < -0.39 is 6.10 Å². The fraction of sp³-hybridized carbons (Fsp3) is 0.868. The Morgan fingerprint density at radius 3 is 0.757 bits per heavy atom. The van der Waals surface area contributed by atoms with E-state index in [1.807, 2.05) is 0 Å². The maximum Gasteiger partial charge on any atom is 0.306 e. The minimum Gasteiger partial charge on any atom is -0.462 e. The molecule has 0 heterocycles. The standard InChI is InChI=1S/C68H126O6/c1-4-7-10-13-16-18-20-22-24-25-26-27-28-29-30-31-32-33-34-35-36-37-38-39-40-41-42-43-45-46-48-50-52-55-58-61-67(70)73-64-65(63-72-66(69)60-57-54-15-12-9-6-3)74-68(71)62-59-56-53-51-49-47-44-23-21-19-17-14-11-8-5-2/h20,22-23,25-26,44,65H,4-19,21,24,27-43,45-64H2,1-3H3/b22-20-,26-25-,44-23-. The van der Waals surface area contributed by atoms with Crippen LogP contribution in [0.1, 0.15) is 361 Å². The lowest BCUT2D eigenvalue weighted by molar-refractivity contribution is -0.167. The SMILES string of the molecule is CCCCCCC/C=C\C/C=C\CCCCCCCCCCCCCCCCCCCCCCCCCC(=O)OCC(COC(=O)CCCCCCCC)OC(=O)CCCCCCC/C=C\CCCCCCCC. The third kappa shape index (κ3) is 60.5. The van der Waals surface area contributed by atoms with Crippen LogP contribution in [-0.4, -0.2) is 37.2 Å². The van der Waals surface area contributed by atoms with Crippen LogP contribution < -0.4 is 0 Å². The quantitative estimate of drug-likeness (QED) is 0.0261. The van der Waals surface area contributed by atoms with Gasteiger partial charge in [-0.3, -0.25) is 14.4 Å². The highest BCUT2D eigenvalue weighted by Gasteiger charge is 2.19. The Balaban J connectivity index is 3.88. The van der Waals surface area contributed by atoms with Gasteiger partial charge in [0, 0.05) is 19.3 Å². The number of ether oxygens (including phenoxy) is 3. The monoisotopic (exact) mass is 1040 g/mol. The van der Waals surface area contributed by atoms with E-state index in [4.69, 9.17) is 14.2 Å². The second kappa shape index (κ2) is 63.2. The van der Waals surface area contributed by atoms with Crippen molar-refractivity contribution < 1.29 is 28.6 Å². The van der Waals surface area contributed by atoms with Crippen molar-refractivity contribution in [2.45, 2.75) is 367 Å². The maximum absolute atomic E-state index is 12.8. The van der Waals surface area contributed by atoms with Gasteiger partial charge in [-0.15, -0.1) is 0 Å². The number of allylic oxidation sites excluding steroid dienone is 6. The number of carbonyl (C=O) groups excluding carboxylic acids is 3. The van der Waals surface area contributed by atoms with Gasteiger partial charge < -0.3 is 14.2 Å². The second-order valence-electron chi connectivity index (χ2n) is 22.4. The molecule has 0 aliphatic carbocycles. The van der Waals surface area contributed by atoms with E-state index >= 15 is 0 Å². The highest BCUT2D eigenvalue weighted by atomic mass is 16.6. The van der Waals surface area contributed by atoms with Gasteiger partial charge in [0.2, 0.25) is 0 Å². The van der Waals surface area contributed by atoms with Gasteiger partial charge in [-0.05, 0) is 77.0 Å². The number of carbonyl (C=O) groups is 3. The summed E-state index contributed by atoms with van der Waals surface area (Å²) in [5, 5.41) is 0. The zero-order valence-electron chi connectivity index (χ0n) is 49.9. The van der Waals surface area contributed by atoms with Crippen molar-refractivity contribution >= 4 is 17.9 Å². The summed E-state index contributed by atoms with van der Waals surface area (Å²) in [6, 6.07) is 0. The van der Waals surface area contributed by atoms with E-state index in [1.165, 1.54) is 250 Å².